The molecule has 2 N–H and O–H groups in total. The highest BCUT2D eigenvalue weighted by atomic mass is 19.3. The third kappa shape index (κ3) is 3.64. The Balaban J connectivity index is 2.13. The fraction of sp³-hybridized carbons (Fsp3) is 0.105. The molecule has 0 aliphatic rings. The van der Waals surface area contributed by atoms with Gasteiger partial charge in [0.2, 0.25) is 0 Å². The predicted molar refractivity (Wildman–Crippen MR) is 95.0 cm³/mol. The van der Waals surface area contributed by atoms with Crippen LogP contribution >= 0.6 is 0 Å². The van der Waals surface area contributed by atoms with Crippen LogP contribution in [0.1, 0.15) is 15.9 Å². The number of carbonyl (C=O) groups excluding carboxylic acids is 2. The lowest BCUT2D eigenvalue weighted by atomic mass is 10.1. The van der Waals surface area contributed by atoms with E-state index in [1.54, 1.807) is 24.3 Å². The average molecular weight is 370 g/mol. The van der Waals surface area contributed by atoms with Crippen LogP contribution in [0, 0.1) is 0 Å². The molecule has 138 valence electrons. The van der Waals surface area contributed by atoms with Gasteiger partial charge in [0.15, 0.2) is 0 Å². The zero-order valence-corrected chi connectivity index (χ0v) is 14.0. The first kappa shape index (κ1) is 18.1. The maximum Gasteiger partial charge on any atom is 0.367 e. The number of nitrogens with one attached hydrogen (secondary N) is 1. The summed E-state index contributed by atoms with van der Waals surface area (Å²) in [5.74, 6) is -2.84. The van der Waals surface area contributed by atoms with Gasteiger partial charge in [0.05, 0.1) is 12.1 Å². The summed E-state index contributed by atoms with van der Waals surface area (Å²) < 4.78 is 13.2. The maximum atomic E-state index is 12.9. The first-order valence-corrected chi connectivity index (χ1v) is 8.01. The van der Waals surface area contributed by atoms with Crippen LogP contribution in [0.2, 0.25) is 0 Å². The van der Waals surface area contributed by atoms with E-state index in [0.717, 1.165) is 5.56 Å². The van der Waals surface area contributed by atoms with E-state index in [-0.39, 0.29) is 6.54 Å². The number of halogens is 1. The summed E-state index contributed by atoms with van der Waals surface area (Å²) in [5.41, 5.74) is 0.00355. The molecule has 0 fully saturated rings. The molecular weight excluding hydrogens is 355 g/mol. The number of nitrogens with zero attached hydrogens (tertiary/aromatic N) is 1. The van der Waals surface area contributed by atoms with Gasteiger partial charge in [-0.25, -0.2) is 4.79 Å². The lowest BCUT2D eigenvalue weighted by Gasteiger charge is -2.15. The minimum absolute atomic E-state index is 0.174. The normalized spacial score (nSPS) is 10.6. The van der Waals surface area contributed by atoms with Gasteiger partial charge in [-0.15, -0.1) is 0 Å². The molecule has 8 heteroatoms. The van der Waals surface area contributed by atoms with E-state index < -0.39 is 35.3 Å². The van der Waals surface area contributed by atoms with Crippen LogP contribution in [0.25, 0.3) is 10.9 Å². The van der Waals surface area contributed by atoms with Crippen molar-refractivity contribution in [3.8, 4) is 5.75 Å². The predicted octanol–water partition coefficient (Wildman–Crippen LogP) is 1.91. The van der Waals surface area contributed by atoms with Crippen LogP contribution in [0.15, 0.2) is 59.4 Å². The van der Waals surface area contributed by atoms with E-state index in [1.165, 1.54) is 4.57 Å². The minimum Gasteiger partial charge on any atom is -0.506 e. The monoisotopic (exact) mass is 370 g/mol. The van der Waals surface area contributed by atoms with E-state index in [4.69, 9.17) is 0 Å². The fourth-order valence-electron chi connectivity index (χ4n) is 2.79. The van der Waals surface area contributed by atoms with Gasteiger partial charge in [-0.2, -0.15) is 0 Å². The van der Waals surface area contributed by atoms with E-state index >= 15 is 0 Å². The van der Waals surface area contributed by atoms with E-state index in [0.29, 0.717) is 10.9 Å². The SMILES string of the molecule is O=C(CNC(=O)c1c(O)c2ccccc2n(Cc2ccccc2)c1=O)OF. The summed E-state index contributed by atoms with van der Waals surface area (Å²) in [6.07, 6.45) is 0. The summed E-state index contributed by atoms with van der Waals surface area (Å²) in [5, 5.41) is 12.8. The van der Waals surface area contributed by atoms with Gasteiger partial charge < -0.3 is 15.0 Å². The zero-order valence-electron chi connectivity index (χ0n) is 14.0. The number of benzene rings is 2. The number of amides is 1. The molecule has 0 aliphatic carbocycles. The topological polar surface area (TPSA) is 97.6 Å². The van der Waals surface area contributed by atoms with Crippen molar-refractivity contribution in [2.24, 2.45) is 0 Å². The highest BCUT2D eigenvalue weighted by molar-refractivity contribution is 6.03. The molecular formula is C19H15FN2O5. The smallest absolute Gasteiger partial charge is 0.367 e. The van der Waals surface area contributed by atoms with Gasteiger partial charge >= 0.3 is 5.97 Å². The molecule has 2 aromatic carbocycles. The number of hydrogen-bond acceptors (Lipinski definition) is 5. The molecule has 3 rings (SSSR count). The molecule has 27 heavy (non-hydrogen) atoms. The molecule has 7 nitrogen and oxygen atoms in total. The van der Waals surface area contributed by atoms with Crippen LogP contribution in [0.5, 0.6) is 5.75 Å². The number of pyridine rings is 1. The van der Waals surface area contributed by atoms with Gasteiger partial charge in [-0.05, 0) is 17.7 Å². The van der Waals surface area contributed by atoms with E-state index in [9.17, 15) is 24.0 Å². The van der Waals surface area contributed by atoms with Crippen molar-refractivity contribution >= 4 is 22.8 Å². The minimum atomic E-state index is -1.33. The lowest BCUT2D eigenvalue weighted by Crippen LogP contribution is -2.36. The largest absolute Gasteiger partial charge is 0.506 e. The number of hydrogen-bond donors (Lipinski definition) is 2. The summed E-state index contributed by atoms with van der Waals surface area (Å²) in [4.78, 5) is 39.1. The molecule has 0 saturated heterocycles. The second-order valence-electron chi connectivity index (χ2n) is 5.75. The molecule has 0 saturated carbocycles. The van der Waals surface area contributed by atoms with Gasteiger partial charge in [-0.1, -0.05) is 42.5 Å². The van der Waals surface area contributed by atoms with E-state index in [2.05, 4.69) is 10.3 Å². The van der Waals surface area contributed by atoms with Gasteiger partial charge in [-0.3, -0.25) is 14.5 Å². The molecule has 0 bridgehead atoms. The molecule has 1 heterocycles. The zero-order chi connectivity index (χ0) is 19.4. The summed E-state index contributed by atoms with van der Waals surface area (Å²) >= 11 is 0. The third-order valence-corrected chi connectivity index (χ3v) is 4.04. The molecule has 0 aliphatic heterocycles. The molecule has 1 amide bonds. The highest BCUT2D eigenvalue weighted by Gasteiger charge is 2.22. The average Bonchev–Trinajstić information content (AvgIpc) is 2.70. The van der Waals surface area contributed by atoms with Crippen molar-refractivity contribution in [1.29, 1.82) is 0 Å². The Morgan fingerprint density at radius 2 is 1.74 bits per heavy atom. The van der Waals surface area contributed by atoms with Crippen LogP contribution in [0.4, 0.5) is 4.53 Å². The summed E-state index contributed by atoms with van der Waals surface area (Å²) in [7, 11) is 0. The molecule has 0 spiro atoms. The van der Waals surface area contributed by atoms with Crippen molar-refractivity contribution in [2.75, 3.05) is 6.54 Å². The van der Waals surface area contributed by atoms with E-state index in [1.807, 2.05) is 30.3 Å². The number of fused-ring (bicyclic) bond motifs is 1. The maximum absolute atomic E-state index is 12.9. The number of carbonyl (C=O) groups is 2. The Morgan fingerprint density at radius 3 is 2.44 bits per heavy atom. The second kappa shape index (κ2) is 7.69. The number of rotatable bonds is 5. The first-order valence-electron chi connectivity index (χ1n) is 8.01. The molecule has 0 radical (unpaired) electrons. The summed E-state index contributed by atoms with van der Waals surface area (Å²) in [6.45, 7) is -0.604. The molecule has 3 aromatic rings. The van der Waals surface area contributed by atoms with Crippen LogP contribution in [-0.2, 0) is 16.3 Å². The van der Waals surface area contributed by atoms with Crippen LogP contribution in [-0.4, -0.2) is 28.1 Å². The fourth-order valence-corrected chi connectivity index (χ4v) is 2.79. The molecule has 0 atom stereocenters. The molecule has 0 unspecified atom stereocenters. The number of aromatic hydroxyl groups is 1. The van der Waals surface area contributed by atoms with Crippen LogP contribution in [0.3, 0.4) is 0 Å². The lowest BCUT2D eigenvalue weighted by molar-refractivity contribution is -0.182. The van der Waals surface area contributed by atoms with Gasteiger partial charge in [0.1, 0.15) is 17.9 Å². The Hall–Kier alpha value is -3.68. The standard InChI is InChI=1S/C19H15FN2O5/c20-27-15(23)10-21-18(25)16-17(24)13-8-4-5-9-14(13)22(19(16)26)11-12-6-2-1-3-7-12/h1-9,24H,10-11H2,(H,21,25). The Bertz CT molecular complexity index is 1060. The van der Waals surface area contributed by atoms with Crippen molar-refractivity contribution < 1.29 is 24.2 Å². The van der Waals surface area contributed by atoms with Crippen molar-refractivity contribution in [3.63, 3.8) is 0 Å². The molecule has 1 aromatic heterocycles. The summed E-state index contributed by atoms with van der Waals surface area (Å²) in [6, 6.07) is 15.7. The first-order chi connectivity index (χ1) is 13.0. The number of aromatic nitrogens is 1. The third-order valence-electron chi connectivity index (χ3n) is 4.04. The quantitative estimate of drug-likeness (QED) is 0.715. The Labute approximate surface area is 152 Å². The van der Waals surface area contributed by atoms with Crippen LogP contribution < -0.4 is 10.9 Å². The second-order valence-corrected chi connectivity index (χ2v) is 5.75. The number of para-hydroxylation sites is 1. The van der Waals surface area contributed by atoms with Crippen molar-refractivity contribution in [3.05, 3.63) is 76.1 Å². The van der Waals surface area contributed by atoms with Gasteiger partial charge in [0.25, 0.3) is 11.5 Å². The van der Waals surface area contributed by atoms with Crippen molar-refractivity contribution in [2.45, 2.75) is 6.54 Å². The Morgan fingerprint density at radius 1 is 1.07 bits per heavy atom. The van der Waals surface area contributed by atoms with Crippen molar-refractivity contribution in [1.82, 2.24) is 9.88 Å². The Kier molecular flexibility index (Phi) is 5.16. The van der Waals surface area contributed by atoms with Gasteiger partial charge in [0, 0.05) is 9.91 Å². The highest BCUT2D eigenvalue weighted by Crippen LogP contribution is 2.26.